The smallest absolute Gasteiger partial charge is 0.312 e. The van der Waals surface area contributed by atoms with Crippen LogP contribution in [0.15, 0.2) is 0 Å². The molecule has 0 rings (SSSR count). The van der Waals surface area contributed by atoms with Crippen molar-refractivity contribution < 1.29 is 29.6 Å². The lowest BCUT2D eigenvalue weighted by Crippen LogP contribution is -2.41. The quantitative estimate of drug-likeness (QED) is 0.147. The first kappa shape index (κ1) is 17.2. The minimum absolute atomic E-state index is 0.0211. The number of nitrogens with two attached hydrogens (primary N) is 1. The summed E-state index contributed by atoms with van der Waals surface area (Å²) < 4.78 is 0. The van der Waals surface area contributed by atoms with E-state index in [2.05, 4.69) is 0 Å². The van der Waals surface area contributed by atoms with Crippen LogP contribution >= 0.6 is 0 Å². The molecule has 1 unspecified atom stereocenters. The minimum Gasteiger partial charge on any atom is -0.321 e. The summed E-state index contributed by atoms with van der Waals surface area (Å²) in [5.74, 6) is -3.88. The molecule has 0 spiro atoms. The predicted octanol–water partition coefficient (Wildman–Crippen LogP) is -1.59. The molecule has 1 atom stereocenters. The van der Waals surface area contributed by atoms with Crippen molar-refractivity contribution in [3.05, 3.63) is 0 Å². The van der Waals surface area contributed by atoms with Gasteiger partial charge in [0.15, 0.2) is 0 Å². The number of Topliss-reactive ketones (excluding diaryl/α,β-unsaturated/α-hetero) is 2. The molecule has 0 aromatic heterocycles. The number of amides is 2. The van der Waals surface area contributed by atoms with Crippen LogP contribution in [0.2, 0.25) is 0 Å². The lowest BCUT2D eigenvalue weighted by molar-refractivity contribution is -0.143. The van der Waals surface area contributed by atoms with Gasteiger partial charge in [0.05, 0.1) is 6.04 Å². The molecule has 0 saturated heterocycles. The van der Waals surface area contributed by atoms with Gasteiger partial charge in [-0.3, -0.25) is 29.6 Å². The van der Waals surface area contributed by atoms with Crippen molar-refractivity contribution in [2.24, 2.45) is 5.73 Å². The Hall–Kier alpha value is -1.84. The molecule has 0 aliphatic rings. The van der Waals surface area contributed by atoms with E-state index < -0.39 is 29.4 Å². The van der Waals surface area contributed by atoms with Crippen molar-refractivity contribution in [3.8, 4) is 0 Å². The average molecular weight is 275 g/mol. The molecule has 19 heavy (non-hydrogen) atoms. The van der Waals surface area contributed by atoms with E-state index in [9.17, 15) is 19.2 Å². The van der Waals surface area contributed by atoms with Gasteiger partial charge in [-0.05, 0) is 12.8 Å². The van der Waals surface area contributed by atoms with Crippen LogP contribution < -0.4 is 16.7 Å². The van der Waals surface area contributed by atoms with Crippen molar-refractivity contribution >= 4 is 23.4 Å². The van der Waals surface area contributed by atoms with Crippen LogP contribution in [0.3, 0.4) is 0 Å². The number of nitrogens with one attached hydrogen (secondary N) is 2. The highest BCUT2D eigenvalue weighted by atomic mass is 16.5. The van der Waals surface area contributed by atoms with Gasteiger partial charge in [-0.1, -0.05) is 12.8 Å². The standard InChI is InChI=1S/C10H17N3O6/c11-6(8(15)10(17)13-19)4-2-1-3-5-7(14)9(16)12-18/h6,18-19H,1-5,11H2,(H,12,16)(H,13,17). The van der Waals surface area contributed by atoms with Gasteiger partial charge in [-0.2, -0.15) is 0 Å². The first-order chi connectivity index (χ1) is 8.93. The molecule has 0 aliphatic carbocycles. The van der Waals surface area contributed by atoms with Crippen molar-refractivity contribution in [3.63, 3.8) is 0 Å². The van der Waals surface area contributed by atoms with E-state index in [4.69, 9.17) is 16.1 Å². The number of ketones is 2. The van der Waals surface area contributed by atoms with Crippen LogP contribution in [-0.4, -0.2) is 39.8 Å². The Kier molecular flexibility index (Phi) is 8.25. The summed E-state index contributed by atoms with van der Waals surface area (Å²) in [6.45, 7) is 0. The van der Waals surface area contributed by atoms with Gasteiger partial charge in [-0.15, -0.1) is 0 Å². The lowest BCUT2D eigenvalue weighted by Gasteiger charge is -2.08. The summed E-state index contributed by atoms with van der Waals surface area (Å²) in [4.78, 5) is 43.5. The number of carbonyl (C=O) groups is 4. The maximum absolute atomic E-state index is 11.1. The van der Waals surface area contributed by atoms with Crippen LogP contribution in [0.4, 0.5) is 0 Å². The fraction of sp³-hybridized carbons (Fsp3) is 0.600. The summed E-state index contributed by atoms with van der Waals surface area (Å²) >= 11 is 0. The first-order valence-electron chi connectivity index (χ1n) is 5.65. The van der Waals surface area contributed by atoms with E-state index in [1.165, 1.54) is 11.0 Å². The molecule has 108 valence electrons. The molecule has 0 aromatic carbocycles. The molecule has 0 radical (unpaired) electrons. The van der Waals surface area contributed by atoms with E-state index in [0.29, 0.717) is 19.3 Å². The van der Waals surface area contributed by atoms with Gasteiger partial charge in [-0.25, -0.2) is 11.0 Å². The van der Waals surface area contributed by atoms with E-state index >= 15 is 0 Å². The molecule has 6 N–H and O–H groups in total. The fourth-order valence-corrected chi connectivity index (χ4v) is 1.36. The van der Waals surface area contributed by atoms with E-state index in [1.807, 2.05) is 0 Å². The summed E-state index contributed by atoms with van der Waals surface area (Å²) in [6.07, 6.45) is 1.63. The highest BCUT2D eigenvalue weighted by Crippen LogP contribution is 2.06. The third kappa shape index (κ3) is 6.60. The van der Waals surface area contributed by atoms with Gasteiger partial charge in [0.2, 0.25) is 11.6 Å². The van der Waals surface area contributed by atoms with Gasteiger partial charge >= 0.3 is 11.8 Å². The first-order valence-corrected chi connectivity index (χ1v) is 5.65. The highest BCUT2D eigenvalue weighted by molar-refractivity contribution is 6.37. The number of hydrogen-bond donors (Lipinski definition) is 5. The molecule has 9 heteroatoms. The largest absolute Gasteiger partial charge is 0.321 e. The molecular weight excluding hydrogens is 258 g/mol. The fourth-order valence-electron chi connectivity index (χ4n) is 1.36. The zero-order valence-electron chi connectivity index (χ0n) is 10.2. The predicted molar refractivity (Wildman–Crippen MR) is 60.9 cm³/mol. The molecule has 0 fully saturated rings. The monoisotopic (exact) mass is 275 g/mol. The Morgan fingerprint density at radius 2 is 1.53 bits per heavy atom. The van der Waals surface area contributed by atoms with E-state index in [-0.39, 0.29) is 12.8 Å². The number of hydroxylamine groups is 2. The maximum Gasteiger partial charge on any atom is 0.312 e. The van der Waals surface area contributed by atoms with E-state index in [1.54, 1.807) is 0 Å². The SMILES string of the molecule is NC(CCCCCC(=O)C(=O)NO)C(=O)C(=O)NO. The van der Waals surface area contributed by atoms with Crippen LogP contribution in [0.25, 0.3) is 0 Å². The number of unbranched alkanes of at least 4 members (excludes halogenated alkanes) is 2. The average Bonchev–Trinajstić information content (AvgIpc) is 2.43. The normalized spacial score (nSPS) is 11.5. The third-order valence-corrected chi connectivity index (χ3v) is 2.44. The van der Waals surface area contributed by atoms with Crippen molar-refractivity contribution in [1.82, 2.24) is 11.0 Å². The molecule has 0 aromatic rings. The summed E-state index contributed by atoms with van der Waals surface area (Å²) in [5.41, 5.74) is 7.86. The number of hydrogen-bond acceptors (Lipinski definition) is 7. The summed E-state index contributed by atoms with van der Waals surface area (Å²) in [6, 6.07) is -1.01. The topological polar surface area (TPSA) is 159 Å². The Labute approximate surface area is 109 Å². The minimum atomic E-state index is -1.16. The summed E-state index contributed by atoms with van der Waals surface area (Å²) in [5, 5.41) is 16.4. The summed E-state index contributed by atoms with van der Waals surface area (Å²) in [7, 11) is 0. The number of rotatable bonds is 9. The van der Waals surface area contributed by atoms with Crippen LogP contribution in [0.5, 0.6) is 0 Å². The molecular formula is C10H17N3O6. The molecule has 0 aliphatic heterocycles. The lowest BCUT2D eigenvalue weighted by atomic mass is 10.0. The van der Waals surface area contributed by atoms with E-state index in [0.717, 1.165) is 0 Å². The van der Waals surface area contributed by atoms with Crippen LogP contribution in [-0.2, 0) is 19.2 Å². The van der Waals surface area contributed by atoms with Crippen LogP contribution in [0, 0.1) is 0 Å². The van der Waals surface area contributed by atoms with Gasteiger partial charge in [0.25, 0.3) is 0 Å². The van der Waals surface area contributed by atoms with Crippen molar-refractivity contribution in [2.45, 2.75) is 38.1 Å². The van der Waals surface area contributed by atoms with Crippen molar-refractivity contribution in [1.29, 1.82) is 0 Å². The molecule has 0 bridgehead atoms. The molecule has 2 amide bonds. The Morgan fingerprint density at radius 1 is 0.947 bits per heavy atom. The Bertz CT molecular complexity index is 357. The Balaban J connectivity index is 3.75. The third-order valence-electron chi connectivity index (χ3n) is 2.44. The second kappa shape index (κ2) is 9.14. The molecule has 9 nitrogen and oxygen atoms in total. The van der Waals surface area contributed by atoms with Gasteiger partial charge in [0.1, 0.15) is 0 Å². The number of carbonyl (C=O) groups excluding carboxylic acids is 4. The second-order valence-electron chi connectivity index (χ2n) is 3.88. The maximum atomic E-state index is 11.1. The van der Waals surface area contributed by atoms with Crippen LogP contribution in [0.1, 0.15) is 32.1 Å². The second-order valence-corrected chi connectivity index (χ2v) is 3.88. The highest BCUT2D eigenvalue weighted by Gasteiger charge is 2.20. The zero-order chi connectivity index (χ0) is 14.8. The van der Waals surface area contributed by atoms with Crippen molar-refractivity contribution in [2.75, 3.05) is 0 Å². The molecule has 0 saturated carbocycles. The Morgan fingerprint density at radius 3 is 2.05 bits per heavy atom. The van der Waals surface area contributed by atoms with Gasteiger partial charge < -0.3 is 5.73 Å². The van der Waals surface area contributed by atoms with Gasteiger partial charge in [0, 0.05) is 6.42 Å². The molecule has 0 heterocycles. The zero-order valence-corrected chi connectivity index (χ0v) is 10.2.